The SMILES string of the molecule is O=P(=O)[O-].O=P(=O)[O-].O=P(=O)[O-].[K+].[Mg+2]. The number of hydrogen-bond acceptors (Lipinski definition) is 9. The Hall–Kier alpha value is 1.98. The average molecular weight is 300 g/mol. The molecular weight excluding hydrogens is 300 g/mol. The predicted molar refractivity (Wildman–Crippen MR) is 30.6 cm³/mol. The summed E-state index contributed by atoms with van der Waals surface area (Å²) in [4.78, 5) is 25.4. The molecule has 0 rings (SSSR count). The van der Waals surface area contributed by atoms with Crippen LogP contribution in [0.1, 0.15) is 0 Å². The van der Waals surface area contributed by atoms with Gasteiger partial charge in [0.1, 0.15) is 0 Å². The van der Waals surface area contributed by atoms with E-state index in [0.717, 1.165) is 0 Å². The van der Waals surface area contributed by atoms with Crippen LogP contribution >= 0.6 is 23.7 Å². The van der Waals surface area contributed by atoms with Crippen LogP contribution in [0.3, 0.4) is 0 Å². The molecule has 0 spiro atoms. The van der Waals surface area contributed by atoms with Gasteiger partial charge < -0.3 is 14.7 Å². The minimum absolute atomic E-state index is 0. The van der Waals surface area contributed by atoms with Crippen molar-refractivity contribution >= 4 is 46.8 Å². The summed E-state index contributed by atoms with van der Waals surface area (Å²) in [5, 5.41) is 0. The average Bonchev–Trinajstić information content (AvgIpc) is 1.54. The maximum atomic E-state index is 8.48. The monoisotopic (exact) mass is 300 g/mol. The molecule has 9 nitrogen and oxygen atoms in total. The first-order chi connectivity index (χ1) is 5.20. The molecular formula is KMgO9P3. The van der Waals surface area contributed by atoms with Crippen LogP contribution in [0.2, 0.25) is 0 Å². The van der Waals surface area contributed by atoms with Gasteiger partial charge in [0.15, 0.2) is 0 Å². The number of rotatable bonds is 0. The van der Waals surface area contributed by atoms with E-state index in [1.165, 1.54) is 0 Å². The second kappa shape index (κ2) is 24.3. The minimum atomic E-state index is -3.37. The van der Waals surface area contributed by atoms with Crippen LogP contribution < -0.4 is 66.1 Å². The van der Waals surface area contributed by atoms with Gasteiger partial charge in [0.2, 0.25) is 23.7 Å². The molecule has 0 N–H and O–H groups in total. The van der Waals surface area contributed by atoms with Crippen molar-refractivity contribution in [2.75, 3.05) is 0 Å². The van der Waals surface area contributed by atoms with Crippen molar-refractivity contribution in [2.24, 2.45) is 0 Å². The molecule has 0 atom stereocenters. The molecule has 0 radical (unpaired) electrons. The first-order valence-electron chi connectivity index (χ1n) is 1.64. The third-order valence-corrected chi connectivity index (χ3v) is 0. The van der Waals surface area contributed by atoms with Gasteiger partial charge in [-0.3, -0.25) is 27.4 Å². The molecule has 0 fully saturated rings. The molecule has 0 aliphatic heterocycles. The van der Waals surface area contributed by atoms with E-state index >= 15 is 0 Å². The van der Waals surface area contributed by atoms with Crippen LogP contribution in [0.4, 0.5) is 0 Å². The quantitative estimate of drug-likeness (QED) is 0.313. The molecule has 0 amide bonds. The van der Waals surface area contributed by atoms with Gasteiger partial charge in [-0.2, -0.15) is 0 Å². The second-order valence-electron chi connectivity index (χ2n) is 0.671. The second-order valence-corrected chi connectivity index (χ2v) is 2.01. The smallest absolute Gasteiger partial charge is 0.744 e. The summed E-state index contributed by atoms with van der Waals surface area (Å²) in [5.74, 6) is 0. The normalized spacial score (nSPS) is 5.36. The Bertz CT molecular complexity index is 213. The summed E-state index contributed by atoms with van der Waals surface area (Å²) < 4.78 is 50.9. The fourth-order valence-corrected chi connectivity index (χ4v) is 0. The zero-order valence-electron chi connectivity index (χ0n) is 6.72. The molecule has 0 aliphatic rings. The van der Waals surface area contributed by atoms with Gasteiger partial charge in [-0.05, 0) is 0 Å². The topological polar surface area (TPSA) is 172 Å². The van der Waals surface area contributed by atoms with E-state index in [1.54, 1.807) is 0 Å². The van der Waals surface area contributed by atoms with E-state index in [2.05, 4.69) is 0 Å². The van der Waals surface area contributed by atoms with Crippen molar-refractivity contribution in [1.29, 1.82) is 0 Å². The first kappa shape index (κ1) is 29.7. The molecule has 14 heavy (non-hydrogen) atoms. The minimum Gasteiger partial charge on any atom is -0.744 e. The van der Waals surface area contributed by atoms with Crippen molar-refractivity contribution in [3.8, 4) is 0 Å². The van der Waals surface area contributed by atoms with Crippen molar-refractivity contribution in [3.05, 3.63) is 0 Å². The van der Waals surface area contributed by atoms with Crippen LogP contribution in [-0.2, 0) is 27.4 Å². The van der Waals surface area contributed by atoms with Crippen molar-refractivity contribution in [2.45, 2.75) is 0 Å². The fourth-order valence-electron chi connectivity index (χ4n) is 0. The molecule has 0 aliphatic carbocycles. The molecule has 0 aromatic rings. The van der Waals surface area contributed by atoms with Crippen molar-refractivity contribution < 1.29 is 93.5 Å². The van der Waals surface area contributed by atoms with E-state index < -0.39 is 23.7 Å². The molecule has 0 unspecified atom stereocenters. The van der Waals surface area contributed by atoms with Crippen LogP contribution in [0.5, 0.6) is 0 Å². The fraction of sp³-hybridized carbons (Fsp3) is 0. The third kappa shape index (κ3) is 600. The standard InChI is InChI=1S/K.Mg.3HO3P/c;;3*1-4(2)3/h;;3*(H,1,2,3)/q+1;+2;;;/p-3. The summed E-state index contributed by atoms with van der Waals surface area (Å²) in [6.45, 7) is 0. The first-order valence-corrected chi connectivity index (χ1v) is 4.93. The van der Waals surface area contributed by atoms with E-state index in [4.69, 9.17) is 42.1 Å². The van der Waals surface area contributed by atoms with Crippen LogP contribution in [-0.4, -0.2) is 23.1 Å². The van der Waals surface area contributed by atoms with Crippen molar-refractivity contribution in [3.63, 3.8) is 0 Å². The Labute approximate surface area is 138 Å². The van der Waals surface area contributed by atoms with Gasteiger partial charge in [-0.1, -0.05) is 0 Å². The van der Waals surface area contributed by atoms with E-state index in [9.17, 15) is 0 Å². The molecule has 0 aromatic carbocycles. The molecule has 14 heteroatoms. The summed E-state index contributed by atoms with van der Waals surface area (Å²) in [7, 11) is -10.1. The van der Waals surface area contributed by atoms with E-state index in [0.29, 0.717) is 0 Å². The molecule has 0 aromatic heterocycles. The van der Waals surface area contributed by atoms with Gasteiger partial charge in [-0.15, -0.1) is 0 Å². The van der Waals surface area contributed by atoms with Crippen LogP contribution in [0.25, 0.3) is 0 Å². The summed E-state index contributed by atoms with van der Waals surface area (Å²) >= 11 is 0. The van der Waals surface area contributed by atoms with Gasteiger partial charge >= 0.3 is 74.4 Å². The Morgan fingerprint density at radius 3 is 0.571 bits per heavy atom. The Kier molecular flexibility index (Phi) is 51.6. The summed E-state index contributed by atoms with van der Waals surface area (Å²) in [5.41, 5.74) is 0. The summed E-state index contributed by atoms with van der Waals surface area (Å²) in [6.07, 6.45) is 0. The number of hydrogen-bond donors (Lipinski definition) is 0. The maximum absolute atomic E-state index is 8.48. The summed E-state index contributed by atoms with van der Waals surface area (Å²) in [6, 6.07) is 0. The zero-order chi connectivity index (χ0) is 10.7. The Balaban J connectivity index is -0.0000000270. The van der Waals surface area contributed by atoms with E-state index in [1.807, 2.05) is 0 Å². The maximum Gasteiger partial charge on any atom is 2.00 e. The molecule has 72 valence electrons. The predicted octanol–water partition coefficient (Wildman–Crippen LogP) is -5.07. The molecule has 0 saturated heterocycles. The third-order valence-electron chi connectivity index (χ3n) is 0. The largest absolute Gasteiger partial charge is 2.00 e. The van der Waals surface area contributed by atoms with Crippen LogP contribution in [0, 0.1) is 0 Å². The van der Waals surface area contributed by atoms with Gasteiger partial charge in [-0.25, -0.2) is 0 Å². The molecule has 0 saturated carbocycles. The van der Waals surface area contributed by atoms with Gasteiger partial charge in [0, 0.05) is 0 Å². The van der Waals surface area contributed by atoms with Gasteiger partial charge in [0.25, 0.3) is 0 Å². The van der Waals surface area contributed by atoms with E-state index in [-0.39, 0.29) is 74.4 Å². The zero-order valence-corrected chi connectivity index (χ0v) is 13.9. The van der Waals surface area contributed by atoms with Crippen LogP contribution in [0.15, 0.2) is 0 Å². The van der Waals surface area contributed by atoms with Gasteiger partial charge in [0.05, 0.1) is 0 Å². The molecule has 0 heterocycles. The Morgan fingerprint density at radius 2 is 0.571 bits per heavy atom. The Morgan fingerprint density at radius 1 is 0.571 bits per heavy atom. The van der Waals surface area contributed by atoms with Crippen molar-refractivity contribution in [1.82, 2.24) is 0 Å². The molecule has 0 bridgehead atoms.